The number of amides is 3. The lowest BCUT2D eigenvalue weighted by Gasteiger charge is -2.14. The number of aliphatic imine (C=N–C) groups is 1. The molecule has 2 aliphatic heterocycles. The van der Waals surface area contributed by atoms with E-state index >= 15 is 0 Å². The molecular weight excluding hydrogens is 374 g/mol. The van der Waals surface area contributed by atoms with Crippen LogP contribution in [0.1, 0.15) is 27.5 Å². The first kappa shape index (κ1) is 18.1. The molecule has 0 aromatic heterocycles. The molecule has 1 atom stereocenters. The van der Waals surface area contributed by atoms with Gasteiger partial charge < -0.3 is 10.2 Å². The highest BCUT2D eigenvalue weighted by molar-refractivity contribution is 8.14. The number of nitrogens with zero attached hydrogens (tertiary/aromatic N) is 3. The smallest absolute Gasteiger partial charge is 0.326 e. The molecule has 4 rings (SSSR count). The van der Waals surface area contributed by atoms with Crippen LogP contribution in [0.15, 0.2) is 53.5 Å². The molecule has 0 saturated carbocycles. The third-order valence-corrected chi connectivity index (χ3v) is 5.56. The molecule has 2 aromatic rings. The van der Waals surface area contributed by atoms with Crippen LogP contribution < -0.4 is 10.6 Å². The third kappa shape index (κ3) is 3.85. The van der Waals surface area contributed by atoms with Crippen molar-refractivity contribution in [2.75, 3.05) is 24.2 Å². The maximum absolute atomic E-state index is 12.2. The van der Waals surface area contributed by atoms with Gasteiger partial charge in [-0.15, -0.1) is 0 Å². The quantitative estimate of drug-likeness (QED) is 0.838. The summed E-state index contributed by atoms with van der Waals surface area (Å²) in [6, 6.07) is 15.0. The standard InChI is InChI=1S/C20H17N5O2S/c21-11-13-4-6-14(7-5-13)18(26)24-19(27)22-16-3-1-2-15(10-16)17-12-25-8-9-28-20(25)23-17/h1-7,10,17H,8-9,12H2,(H2,22,24,26,27)/t17-/m1/s1. The van der Waals surface area contributed by atoms with Gasteiger partial charge in [0.1, 0.15) is 0 Å². The lowest BCUT2D eigenvalue weighted by molar-refractivity contribution is 0.0967. The lowest BCUT2D eigenvalue weighted by Crippen LogP contribution is -2.34. The lowest BCUT2D eigenvalue weighted by atomic mass is 10.1. The van der Waals surface area contributed by atoms with Crippen molar-refractivity contribution in [3.8, 4) is 6.07 Å². The molecule has 0 unspecified atom stereocenters. The van der Waals surface area contributed by atoms with Crippen molar-refractivity contribution in [1.82, 2.24) is 10.2 Å². The highest BCUT2D eigenvalue weighted by Gasteiger charge is 2.30. The number of benzene rings is 2. The van der Waals surface area contributed by atoms with Crippen molar-refractivity contribution in [3.05, 3.63) is 65.2 Å². The highest BCUT2D eigenvalue weighted by Crippen LogP contribution is 2.32. The molecule has 0 spiro atoms. The van der Waals surface area contributed by atoms with Crippen LogP contribution in [0.3, 0.4) is 0 Å². The van der Waals surface area contributed by atoms with E-state index < -0.39 is 11.9 Å². The Labute approximate surface area is 166 Å². The van der Waals surface area contributed by atoms with Gasteiger partial charge in [-0.1, -0.05) is 23.9 Å². The summed E-state index contributed by atoms with van der Waals surface area (Å²) in [7, 11) is 0. The number of carbonyl (C=O) groups excluding carboxylic acids is 2. The number of carbonyl (C=O) groups is 2. The molecule has 0 radical (unpaired) electrons. The molecule has 2 N–H and O–H groups in total. The number of thioether (sulfide) groups is 1. The Kier molecular flexibility index (Phi) is 5.00. The second-order valence-electron chi connectivity index (χ2n) is 6.44. The van der Waals surface area contributed by atoms with Gasteiger partial charge in [0.05, 0.1) is 17.7 Å². The molecule has 8 heteroatoms. The zero-order chi connectivity index (χ0) is 19.5. The van der Waals surface area contributed by atoms with Crippen LogP contribution in [-0.4, -0.2) is 40.8 Å². The Morgan fingerprint density at radius 1 is 1.21 bits per heavy atom. The van der Waals surface area contributed by atoms with Crippen molar-refractivity contribution in [2.24, 2.45) is 4.99 Å². The van der Waals surface area contributed by atoms with Crippen molar-refractivity contribution in [1.29, 1.82) is 5.26 Å². The number of rotatable bonds is 3. The van der Waals surface area contributed by atoms with E-state index in [0.29, 0.717) is 16.8 Å². The van der Waals surface area contributed by atoms with Crippen LogP contribution in [0.4, 0.5) is 10.5 Å². The molecule has 140 valence electrons. The summed E-state index contributed by atoms with van der Waals surface area (Å²) in [4.78, 5) is 31.3. The minimum atomic E-state index is -0.611. The van der Waals surface area contributed by atoms with Crippen molar-refractivity contribution in [2.45, 2.75) is 6.04 Å². The molecule has 2 heterocycles. The predicted molar refractivity (Wildman–Crippen MR) is 108 cm³/mol. The van der Waals surface area contributed by atoms with Gasteiger partial charge in [-0.2, -0.15) is 5.26 Å². The maximum Gasteiger partial charge on any atom is 0.326 e. The largest absolute Gasteiger partial charge is 0.348 e. The van der Waals surface area contributed by atoms with E-state index in [9.17, 15) is 9.59 Å². The summed E-state index contributed by atoms with van der Waals surface area (Å²) in [5.41, 5.74) is 2.39. The maximum atomic E-state index is 12.2. The van der Waals surface area contributed by atoms with Gasteiger partial charge >= 0.3 is 6.03 Å². The van der Waals surface area contributed by atoms with E-state index in [-0.39, 0.29) is 6.04 Å². The summed E-state index contributed by atoms with van der Waals surface area (Å²) >= 11 is 1.77. The summed E-state index contributed by atoms with van der Waals surface area (Å²) in [6.45, 7) is 1.88. The van der Waals surface area contributed by atoms with Crippen LogP contribution in [0, 0.1) is 11.3 Å². The molecule has 1 saturated heterocycles. The number of nitriles is 1. The monoisotopic (exact) mass is 391 g/mol. The van der Waals surface area contributed by atoms with Gasteiger partial charge in [-0.25, -0.2) is 4.79 Å². The Morgan fingerprint density at radius 2 is 2.04 bits per heavy atom. The Bertz CT molecular complexity index is 996. The number of fused-ring (bicyclic) bond motifs is 1. The summed E-state index contributed by atoms with van der Waals surface area (Å²) in [5.74, 6) is 0.554. The van der Waals surface area contributed by atoms with E-state index in [2.05, 4.69) is 15.5 Å². The van der Waals surface area contributed by atoms with Crippen LogP contribution in [0.25, 0.3) is 0 Å². The molecule has 2 aliphatic rings. The van der Waals surface area contributed by atoms with Gasteiger partial charge in [0.25, 0.3) is 5.91 Å². The SMILES string of the molecule is N#Cc1ccc(C(=O)NC(=O)Nc2cccc([C@H]3CN4CCSC4=N3)c2)cc1. The first-order chi connectivity index (χ1) is 13.6. The number of urea groups is 1. The Hall–Kier alpha value is -3.31. The van der Waals surface area contributed by atoms with E-state index in [1.807, 2.05) is 24.3 Å². The fourth-order valence-electron chi connectivity index (χ4n) is 3.14. The van der Waals surface area contributed by atoms with Crippen LogP contribution in [0.5, 0.6) is 0 Å². The molecule has 0 aliphatic carbocycles. The fourth-order valence-corrected chi connectivity index (χ4v) is 4.19. The zero-order valence-electron chi connectivity index (χ0n) is 14.9. The van der Waals surface area contributed by atoms with Gasteiger partial charge in [-0.3, -0.25) is 15.1 Å². The van der Waals surface area contributed by atoms with Gasteiger partial charge in [0.2, 0.25) is 0 Å². The van der Waals surface area contributed by atoms with E-state index in [1.54, 1.807) is 17.8 Å². The fraction of sp³-hybridized carbons (Fsp3) is 0.200. The highest BCUT2D eigenvalue weighted by atomic mass is 32.2. The normalized spacial score (nSPS) is 17.5. The Balaban J connectivity index is 1.39. The predicted octanol–water partition coefficient (Wildman–Crippen LogP) is 2.98. The van der Waals surface area contributed by atoms with Gasteiger partial charge in [-0.05, 0) is 42.0 Å². The average Bonchev–Trinajstić information content (AvgIpc) is 3.30. The first-order valence-electron chi connectivity index (χ1n) is 8.80. The van der Waals surface area contributed by atoms with Crippen molar-refractivity contribution in [3.63, 3.8) is 0 Å². The molecule has 3 amide bonds. The van der Waals surface area contributed by atoms with E-state index in [4.69, 9.17) is 10.3 Å². The van der Waals surface area contributed by atoms with Crippen molar-refractivity contribution >= 4 is 34.6 Å². The molecule has 2 aromatic carbocycles. The van der Waals surface area contributed by atoms with E-state index in [0.717, 1.165) is 29.6 Å². The second kappa shape index (κ2) is 7.74. The molecule has 0 bridgehead atoms. The second-order valence-corrected chi connectivity index (χ2v) is 7.51. The average molecular weight is 391 g/mol. The summed E-state index contributed by atoms with van der Waals surface area (Å²) in [5, 5.41) is 14.9. The minimum absolute atomic E-state index is 0.0629. The third-order valence-electron chi connectivity index (χ3n) is 4.56. The van der Waals surface area contributed by atoms with Crippen LogP contribution >= 0.6 is 11.8 Å². The van der Waals surface area contributed by atoms with Gasteiger partial charge in [0.15, 0.2) is 5.17 Å². The molecular formula is C20H17N5O2S. The molecule has 1 fully saturated rings. The summed E-state index contributed by atoms with van der Waals surface area (Å²) in [6.07, 6.45) is 0. The minimum Gasteiger partial charge on any atom is -0.348 e. The van der Waals surface area contributed by atoms with E-state index in [1.165, 1.54) is 24.3 Å². The van der Waals surface area contributed by atoms with Crippen LogP contribution in [0.2, 0.25) is 0 Å². The molecule has 28 heavy (non-hydrogen) atoms. The summed E-state index contributed by atoms with van der Waals surface area (Å²) < 4.78 is 0. The van der Waals surface area contributed by atoms with Gasteiger partial charge in [0, 0.05) is 30.1 Å². The first-order valence-corrected chi connectivity index (χ1v) is 9.79. The number of hydrogen-bond donors (Lipinski definition) is 2. The van der Waals surface area contributed by atoms with Crippen molar-refractivity contribution < 1.29 is 9.59 Å². The number of anilines is 1. The number of hydrogen-bond acceptors (Lipinski definition) is 6. The molecule has 7 nitrogen and oxygen atoms in total. The van der Waals surface area contributed by atoms with Crippen LogP contribution in [-0.2, 0) is 0 Å². The topological polar surface area (TPSA) is 97.6 Å². The Morgan fingerprint density at radius 3 is 2.79 bits per heavy atom. The number of nitrogens with one attached hydrogen (secondary N) is 2. The number of amidine groups is 1. The zero-order valence-corrected chi connectivity index (χ0v) is 15.7. The number of imide groups is 1.